The molecule has 0 N–H and O–H groups in total. The van der Waals surface area contributed by atoms with Crippen LogP contribution in [-0.2, 0) is 24.9 Å². The zero-order valence-electron chi connectivity index (χ0n) is 15.3. The fraction of sp³-hybridized carbons (Fsp3) is 0.632. The molecule has 0 aliphatic carbocycles. The molecule has 25 heavy (non-hydrogen) atoms. The van der Waals surface area contributed by atoms with Gasteiger partial charge in [-0.3, -0.25) is 9.80 Å². The molecule has 4 rings (SSSR count). The first-order chi connectivity index (χ1) is 12.1. The number of rotatable bonds is 4. The molecule has 6 nitrogen and oxygen atoms in total. The van der Waals surface area contributed by atoms with E-state index in [0.29, 0.717) is 0 Å². The Morgan fingerprint density at radius 3 is 2.72 bits per heavy atom. The molecule has 0 aromatic carbocycles. The number of nitrogens with zero attached hydrogens (tertiary/aromatic N) is 4. The van der Waals surface area contributed by atoms with E-state index in [2.05, 4.69) is 32.5 Å². The summed E-state index contributed by atoms with van der Waals surface area (Å²) >= 11 is 0. The van der Waals surface area contributed by atoms with E-state index in [1.54, 1.807) is 0 Å². The van der Waals surface area contributed by atoms with E-state index in [1.165, 1.54) is 6.42 Å². The second-order valence-electron chi connectivity index (χ2n) is 7.69. The maximum atomic E-state index is 5.99. The van der Waals surface area contributed by atoms with Crippen LogP contribution in [-0.4, -0.2) is 58.7 Å². The number of ether oxygens (including phenoxy) is 1. The molecule has 0 radical (unpaired) electrons. The maximum Gasteiger partial charge on any atom is 0.122 e. The average Bonchev–Trinajstić information content (AvgIpc) is 3.23. The summed E-state index contributed by atoms with van der Waals surface area (Å²) in [5, 5.41) is 0. The summed E-state index contributed by atoms with van der Waals surface area (Å²) in [4.78, 5) is 9.49. The van der Waals surface area contributed by atoms with Crippen molar-refractivity contribution in [2.45, 2.75) is 26.4 Å². The fourth-order valence-electron chi connectivity index (χ4n) is 4.17. The number of aryl methyl sites for hydroxylation is 2. The van der Waals surface area contributed by atoms with Gasteiger partial charge in [0, 0.05) is 44.5 Å². The minimum atomic E-state index is 0.225. The molecule has 1 atom stereocenters. The second kappa shape index (κ2) is 6.94. The first-order valence-electron chi connectivity index (χ1n) is 9.16. The standard InChI is InChI=1S/C19H28N4O2/c1-16-3-4-17(25-16)11-23-9-10-24-15-19(14-23)5-7-22(13-19)12-18-20-6-8-21(18)2/h3-4,6,8H,5,7,9-15H2,1-2H3. The van der Waals surface area contributed by atoms with E-state index in [4.69, 9.17) is 9.15 Å². The van der Waals surface area contributed by atoms with Crippen molar-refractivity contribution < 1.29 is 9.15 Å². The van der Waals surface area contributed by atoms with Crippen LogP contribution in [0.1, 0.15) is 23.8 Å². The van der Waals surface area contributed by atoms with E-state index in [0.717, 1.165) is 69.8 Å². The molecule has 136 valence electrons. The number of furan rings is 1. The van der Waals surface area contributed by atoms with Crippen LogP contribution in [0.5, 0.6) is 0 Å². The maximum absolute atomic E-state index is 5.99. The molecular weight excluding hydrogens is 316 g/mol. The summed E-state index contributed by atoms with van der Waals surface area (Å²) < 4.78 is 13.9. The first kappa shape index (κ1) is 16.8. The molecule has 2 fully saturated rings. The molecule has 2 aliphatic heterocycles. The Balaban J connectivity index is 1.41. The Morgan fingerprint density at radius 2 is 2.00 bits per heavy atom. The third-order valence-electron chi connectivity index (χ3n) is 5.50. The van der Waals surface area contributed by atoms with Crippen LogP contribution in [0.2, 0.25) is 0 Å². The molecule has 2 aliphatic rings. The lowest BCUT2D eigenvalue weighted by Crippen LogP contribution is -2.40. The molecule has 0 amide bonds. The van der Waals surface area contributed by atoms with Gasteiger partial charge in [0.2, 0.25) is 0 Å². The van der Waals surface area contributed by atoms with Crippen molar-refractivity contribution in [1.82, 2.24) is 19.4 Å². The Hall–Kier alpha value is -1.63. The molecule has 2 aromatic rings. The summed E-state index contributed by atoms with van der Waals surface area (Å²) in [6.45, 7) is 9.70. The van der Waals surface area contributed by atoms with Crippen LogP contribution < -0.4 is 0 Å². The van der Waals surface area contributed by atoms with Gasteiger partial charge in [-0.25, -0.2) is 4.98 Å². The summed E-state index contributed by atoms with van der Waals surface area (Å²) in [5.74, 6) is 3.17. The summed E-state index contributed by atoms with van der Waals surface area (Å²) in [7, 11) is 2.07. The Bertz CT molecular complexity index is 710. The molecule has 1 spiro atoms. The quantitative estimate of drug-likeness (QED) is 0.849. The van der Waals surface area contributed by atoms with Crippen LogP contribution in [0.3, 0.4) is 0 Å². The predicted molar refractivity (Wildman–Crippen MR) is 95.1 cm³/mol. The van der Waals surface area contributed by atoms with E-state index in [1.807, 2.05) is 25.4 Å². The number of imidazole rings is 1. The Labute approximate surface area is 149 Å². The highest BCUT2D eigenvalue weighted by molar-refractivity contribution is 5.06. The van der Waals surface area contributed by atoms with Gasteiger partial charge in [0.25, 0.3) is 0 Å². The molecule has 0 bridgehead atoms. The van der Waals surface area contributed by atoms with Gasteiger partial charge in [-0.05, 0) is 32.0 Å². The molecule has 4 heterocycles. The third-order valence-corrected chi connectivity index (χ3v) is 5.50. The van der Waals surface area contributed by atoms with E-state index < -0.39 is 0 Å². The first-order valence-corrected chi connectivity index (χ1v) is 9.16. The Morgan fingerprint density at radius 1 is 1.16 bits per heavy atom. The number of hydrogen-bond acceptors (Lipinski definition) is 5. The van der Waals surface area contributed by atoms with Gasteiger partial charge in [-0.1, -0.05) is 0 Å². The highest BCUT2D eigenvalue weighted by atomic mass is 16.5. The van der Waals surface area contributed by atoms with E-state index >= 15 is 0 Å². The highest BCUT2D eigenvalue weighted by Crippen LogP contribution is 2.34. The normalized spacial score (nSPS) is 25.7. The van der Waals surface area contributed by atoms with Gasteiger partial charge in [0.1, 0.15) is 17.3 Å². The summed E-state index contributed by atoms with van der Waals surface area (Å²) in [6, 6.07) is 4.14. The zero-order valence-corrected chi connectivity index (χ0v) is 15.3. The van der Waals surface area contributed by atoms with Crippen LogP contribution in [0.4, 0.5) is 0 Å². The van der Waals surface area contributed by atoms with Crippen LogP contribution in [0, 0.1) is 12.3 Å². The monoisotopic (exact) mass is 344 g/mol. The van der Waals surface area contributed by atoms with Gasteiger partial charge < -0.3 is 13.7 Å². The second-order valence-corrected chi connectivity index (χ2v) is 7.69. The number of hydrogen-bond donors (Lipinski definition) is 0. The summed E-state index contributed by atoms with van der Waals surface area (Å²) in [5.41, 5.74) is 0.225. The topological polar surface area (TPSA) is 46.7 Å². The molecular formula is C19H28N4O2. The smallest absolute Gasteiger partial charge is 0.122 e. The lowest BCUT2D eigenvalue weighted by molar-refractivity contribution is 0.0701. The summed E-state index contributed by atoms with van der Waals surface area (Å²) in [6.07, 6.45) is 5.08. The van der Waals surface area contributed by atoms with Crippen molar-refractivity contribution in [3.63, 3.8) is 0 Å². The molecule has 2 saturated heterocycles. The van der Waals surface area contributed by atoms with Gasteiger partial charge in [0.15, 0.2) is 0 Å². The van der Waals surface area contributed by atoms with Crippen molar-refractivity contribution in [3.05, 3.63) is 41.9 Å². The number of aromatic nitrogens is 2. The van der Waals surface area contributed by atoms with Crippen molar-refractivity contribution in [1.29, 1.82) is 0 Å². The SMILES string of the molecule is Cc1ccc(CN2CCOCC3(CCN(Cc4nccn4C)C3)C2)o1. The van der Waals surface area contributed by atoms with Gasteiger partial charge >= 0.3 is 0 Å². The van der Waals surface area contributed by atoms with Crippen LogP contribution in [0.25, 0.3) is 0 Å². The van der Waals surface area contributed by atoms with Crippen molar-refractivity contribution >= 4 is 0 Å². The predicted octanol–water partition coefficient (Wildman–Crippen LogP) is 2.05. The molecule has 0 saturated carbocycles. The largest absolute Gasteiger partial charge is 0.465 e. The Kier molecular flexibility index (Phi) is 4.67. The molecule has 6 heteroatoms. The number of likely N-dealkylation sites (tertiary alicyclic amines) is 1. The van der Waals surface area contributed by atoms with Crippen molar-refractivity contribution in [3.8, 4) is 0 Å². The minimum absolute atomic E-state index is 0.225. The van der Waals surface area contributed by atoms with E-state index in [-0.39, 0.29) is 5.41 Å². The van der Waals surface area contributed by atoms with Crippen LogP contribution in [0.15, 0.2) is 28.9 Å². The minimum Gasteiger partial charge on any atom is -0.465 e. The van der Waals surface area contributed by atoms with E-state index in [9.17, 15) is 0 Å². The third kappa shape index (κ3) is 3.81. The lowest BCUT2D eigenvalue weighted by atomic mass is 9.87. The van der Waals surface area contributed by atoms with Crippen molar-refractivity contribution in [2.75, 3.05) is 39.4 Å². The van der Waals surface area contributed by atoms with Crippen molar-refractivity contribution in [2.24, 2.45) is 12.5 Å². The molecule has 1 unspecified atom stereocenters. The average molecular weight is 344 g/mol. The fourth-order valence-corrected chi connectivity index (χ4v) is 4.17. The van der Waals surface area contributed by atoms with Gasteiger partial charge in [0.05, 0.1) is 26.3 Å². The molecule has 2 aromatic heterocycles. The highest BCUT2D eigenvalue weighted by Gasteiger charge is 2.41. The van der Waals surface area contributed by atoms with Crippen LogP contribution >= 0.6 is 0 Å². The zero-order chi connectivity index (χ0) is 17.3. The van der Waals surface area contributed by atoms with Gasteiger partial charge in [-0.2, -0.15) is 0 Å². The lowest BCUT2D eigenvalue weighted by Gasteiger charge is -2.31. The van der Waals surface area contributed by atoms with Gasteiger partial charge in [-0.15, -0.1) is 0 Å².